The summed E-state index contributed by atoms with van der Waals surface area (Å²) in [6.45, 7) is 6.23. The lowest BCUT2D eigenvalue weighted by Gasteiger charge is -2.27. The minimum atomic E-state index is -0.574. The number of benzene rings is 2. The first kappa shape index (κ1) is 18.7. The Morgan fingerprint density at radius 2 is 1.48 bits per heavy atom. The highest BCUT2D eigenvalue weighted by atomic mass is 16.6. The lowest BCUT2D eigenvalue weighted by atomic mass is 10.1. The first-order valence-corrected chi connectivity index (χ1v) is 8.45. The summed E-state index contributed by atoms with van der Waals surface area (Å²) in [7, 11) is 0. The zero-order valence-electron chi connectivity index (χ0n) is 15.1. The Hall–Kier alpha value is -2.62. The molecule has 0 heterocycles. The van der Waals surface area contributed by atoms with Crippen LogP contribution in [0.5, 0.6) is 0 Å². The summed E-state index contributed by atoms with van der Waals surface area (Å²) >= 11 is 0. The first-order chi connectivity index (χ1) is 11.8. The molecule has 0 aliphatic carbocycles. The Morgan fingerprint density at radius 3 is 2.04 bits per heavy atom. The minimum absolute atomic E-state index is 0.0159. The summed E-state index contributed by atoms with van der Waals surface area (Å²) in [6, 6.07) is 18.8. The van der Waals surface area contributed by atoms with Gasteiger partial charge in [-0.05, 0) is 26.3 Å². The molecule has 4 heteroatoms. The van der Waals surface area contributed by atoms with Crippen molar-refractivity contribution in [2.75, 3.05) is 6.54 Å². The molecular weight excluding hydrogens is 314 g/mol. The van der Waals surface area contributed by atoms with Crippen LogP contribution in [-0.2, 0) is 11.3 Å². The Kier molecular flexibility index (Phi) is 6.34. The molecule has 2 aromatic carbocycles. The molecule has 0 N–H and O–H groups in total. The third-order valence-electron chi connectivity index (χ3n) is 3.57. The van der Waals surface area contributed by atoms with Crippen molar-refractivity contribution in [3.8, 4) is 0 Å². The van der Waals surface area contributed by atoms with Gasteiger partial charge in [-0.25, -0.2) is 4.79 Å². The fraction of sp³-hybridized carbons (Fsp3) is 0.333. The van der Waals surface area contributed by atoms with Crippen molar-refractivity contribution in [2.45, 2.75) is 39.3 Å². The average Bonchev–Trinajstić information content (AvgIpc) is 2.58. The van der Waals surface area contributed by atoms with Gasteiger partial charge in [0.15, 0.2) is 5.78 Å². The predicted octanol–water partition coefficient (Wildman–Crippen LogP) is 4.70. The zero-order valence-corrected chi connectivity index (χ0v) is 15.1. The van der Waals surface area contributed by atoms with E-state index in [9.17, 15) is 9.59 Å². The predicted molar refractivity (Wildman–Crippen MR) is 98.5 cm³/mol. The number of carbonyl (C=O) groups is 2. The van der Waals surface area contributed by atoms with Crippen LogP contribution in [0.4, 0.5) is 4.79 Å². The number of rotatable bonds is 6. The van der Waals surface area contributed by atoms with Crippen molar-refractivity contribution in [1.82, 2.24) is 4.90 Å². The Balaban J connectivity index is 2.05. The van der Waals surface area contributed by atoms with Crippen LogP contribution in [0, 0.1) is 0 Å². The lowest BCUT2D eigenvalue weighted by Crippen LogP contribution is -2.37. The van der Waals surface area contributed by atoms with Crippen molar-refractivity contribution in [3.63, 3.8) is 0 Å². The molecule has 1 amide bonds. The van der Waals surface area contributed by atoms with Gasteiger partial charge in [-0.1, -0.05) is 60.7 Å². The molecule has 0 unspecified atom stereocenters. The Morgan fingerprint density at radius 1 is 0.920 bits per heavy atom. The molecule has 0 bridgehead atoms. The topological polar surface area (TPSA) is 46.6 Å². The number of carbonyl (C=O) groups excluding carboxylic acids is 2. The molecule has 0 radical (unpaired) electrons. The van der Waals surface area contributed by atoms with Gasteiger partial charge in [0.25, 0.3) is 0 Å². The minimum Gasteiger partial charge on any atom is -0.444 e. The van der Waals surface area contributed by atoms with Gasteiger partial charge in [0.1, 0.15) is 5.60 Å². The van der Waals surface area contributed by atoms with Crippen LogP contribution in [0.15, 0.2) is 60.7 Å². The number of nitrogens with zero attached hydrogens (tertiary/aromatic N) is 1. The second-order valence-electron chi connectivity index (χ2n) is 6.93. The number of ketones is 1. The van der Waals surface area contributed by atoms with Gasteiger partial charge in [-0.3, -0.25) is 4.79 Å². The molecule has 0 atom stereocenters. The van der Waals surface area contributed by atoms with Crippen molar-refractivity contribution in [1.29, 1.82) is 0 Å². The molecule has 0 fully saturated rings. The van der Waals surface area contributed by atoms with Gasteiger partial charge in [-0.2, -0.15) is 0 Å². The molecule has 2 aromatic rings. The number of amides is 1. The summed E-state index contributed by atoms with van der Waals surface area (Å²) in [6.07, 6.45) is -0.145. The highest BCUT2D eigenvalue weighted by Gasteiger charge is 2.23. The smallest absolute Gasteiger partial charge is 0.410 e. The maximum absolute atomic E-state index is 12.5. The van der Waals surface area contributed by atoms with Crippen molar-refractivity contribution in [3.05, 3.63) is 71.8 Å². The van der Waals surface area contributed by atoms with E-state index in [2.05, 4.69) is 0 Å². The van der Waals surface area contributed by atoms with E-state index in [1.807, 2.05) is 69.3 Å². The molecule has 132 valence electrons. The summed E-state index contributed by atoms with van der Waals surface area (Å²) in [5, 5.41) is 0. The van der Waals surface area contributed by atoms with E-state index in [1.165, 1.54) is 0 Å². The largest absolute Gasteiger partial charge is 0.444 e. The molecule has 0 saturated carbocycles. The summed E-state index contributed by atoms with van der Waals surface area (Å²) in [5.41, 5.74) is 1.09. The van der Waals surface area contributed by atoms with E-state index in [1.54, 1.807) is 17.0 Å². The van der Waals surface area contributed by atoms with Gasteiger partial charge in [0.2, 0.25) is 0 Å². The van der Waals surface area contributed by atoms with Gasteiger partial charge >= 0.3 is 6.09 Å². The van der Waals surface area contributed by atoms with Gasteiger partial charge in [0.05, 0.1) is 0 Å². The van der Waals surface area contributed by atoms with Crippen LogP contribution in [0.3, 0.4) is 0 Å². The lowest BCUT2D eigenvalue weighted by molar-refractivity contribution is 0.0233. The highest BCUT2D eigenvalue weighted by Crippen LogP contribution is 2.14. The normalized spacial score (nSPS) is 11.0. The molecule has 0 aliphatic heterocycles. The second kappa shape index (κ2) is 8.47. The number of hydrogen-bond acceptors (Lipinski definition) is 3. The van der Waals surface area contributed by atoms with E-state index in [4.69, 9.17) is 4.74 Å². The quantitative estimate of drug-likeness (QED) is 0.717. The molecular formula is C21H25NO3. The van der Waals surface area contributed by atoms with Crippen molar-refractivity contribution >= 4 is 11.9 Å². The van der Waals surface area contributed by atoms with Crippen LogP contribution in [-0.4, -0.2) is 28.9 Å². The fourth-order valence-corrected chi connectivity index (χ4v) is 2.37. The Labute approximate surface area is 149 Å². The van der Waals surface area contributed by atoms with E-state index in [0.717, 1.165) is 5.56 Å². The summed E-state index contributed by atoms with van der Waals surface area (Å²) in [5.74, 6) is 0.0159. The molecule has 0 saturated heterocycles. The molecule has 0 spiro atoms. The number of ether oxygens (including phenoxy) is 1. The van der Waals surface area contributed by atoms with Crippen LogP contribution in [0.1, 0.15) is 43.1 Å². The van der Waals surface area contributed by atoms with Crippen molar-refractivity contribution < 1.29 is 14.3 Å². The molecule has 0 aliphatic rings. The van der Waals surface area contributed by atoms with Crippen molar-refractivity contribution in [2.24, 2.45) is 0 Å². The molecule has 2 rings (SSSR count). The second-order valence-corrected chi connectivity index (χ2v) is 6.93. The maximum Gasteiger partial charge on any atom is 0.410 e. The monoisotopic (exact) mass is 339 g/mol. The molecule has 0 aromatic heterocycles. The standard InChI is InChI=1S/C21H25NO3/c1-21(2,3)25-20(24)22(16-17-10-6-4-7-11-17)15-14-19(23)18-12-8-5-9-13-18/h4-13H,14-16H2,1-3H3. The Bertz CT molecular complexity index is 690. The maximum atomic E-state index is 12.5. The fourth-order valence-electron chi connectivity index (χ4n) is 2.37. The van der Waals surface area contributed by atoms with Crippen LogP contribution in [0.25, 0.3) is 0 Å². The first-order valence-electron chi connectivity index (χ1n) is 8.45. The van der Waals surface area contributed by atoms with E-state index >= 15 is 0 Å². The van der Waals surface area contributed by atoms with Crippen LogP contribution in [0.2, 0.25) is 0 Å². The third-order valence-corrected chi connectivity index (χ3v) is 3.57. The number of hydrogen-bond donors (Lipinski definition) is 0. The highest BCUT2D eigenvalue weighted by molar-refractivity contribution is 5.96. The van der Waals surface area contributed by atoms with Crippen LogP contribution >= 0.6 is 0 Å². The summed E-state index contributed by atoms with van der Waals surface area (Å²) in [4.78, 5) is 26.4. The zero-order chi connectivity index (χ0) is 18.3. The number of Topliss-reactive ketones (excluding diaryl/α,β-unsaturated/α-hetero) is 1. The summed E-state index contributed by atoms with van der Waals surface area (Å²) < 4.78 is 5.49. The van der Waals surface area contributed by atoms with Gasteiger partial charge in [0, 0.05) is 25.1 Å². The van der Waals surface area contributed by atoms with E-state index < -0.39 is 11.7 Å². The van der Waals surface area contributed by atoms with Gasteiger partial charge < -0.3 is 9.64 Å². The average molecular weight is 339 g/mol. The SMILES string of the molecule is CC(C)(C)OC(=O)N(CCC(=O)c1ccccc1)Cc1ccccc1. The van der Waals surface area contributed by atoms with E-state index in [-0.39, 0.29) is 12.2 Å². The molecule has 4 nitrogen and oxygen atoms in total. The molecule has 25 heavy (non-hydrogen) atoms. The third kappa shape index (κ3) is 6.42. The van der Waals surface area contributed by atoms with Crippen LogP contribution < -0.4 is 0 Å². The van der Waals surface area contributed by atoms with E-state index in [0.29, 0.717) is 18.7 Å². The van der Waals surface area contributed by atoms with Gasteiger partial charge in [-0.15, -0.1) is 0 Å².